The molecule has 5 unspecified atom stereocenters. The molecule has 0 aromatic heterocycles. The number of rotatable bonds is 10. The van der Waals surface area contributed by atoms with E-state index >= 15 is 0 Å². The molecule has 1 aliphatic heterocycles. The summed E-state index contributed by atoms with van der Waals surface area (Å²) in [4.78, 5) is 61.3. The van der Waals surface area contributed by atoms with E-state index < -0.39 is 59.9 Å². The highest BCUT2D eigenvalue weighted by Gasteiger charge is 2.40. The maximum absolute atomic E-state index is 13.1. The van der Waals surface area contributed by atoms with E-state index in [1.165, 1.54) is 11.8 Å². The van der Waals surface area contributed by atoms with Crippen LogP contribution in [-0.2, 0) is 24.0 Å². The Morgan fingerprint density at radius 1 is 1.10 bits per heavy atom. The summed E-state index contributed by atoms with van der Waals surface area (Å²) in [6.45, 7) is 4.87. The van der Waals surface area contributed by atoms with Gasteiger partial charge in [-0.3, -0.25) is 19.2 Å². The summed E-state index contributed by atoms with van der Waals surface area (Å²) in [5, 5.41) is 23.4. The molecule has 1 fully saturated rings. The predicted molar refractivity (Wildman–Crippen MR) is 105 cm³/mol. The summed E-state index contributed by atoms with van der Waals surface area (Å²) in [7, 11) is 0. The minimum Gasteiger partial charge on any atom is -0.480 e. The third-order valence-corrected chi connectivity index (χ3v) is 4.87. The lowest BCUT2D eigenvalue weighted by Crippen LogP contribution is -2.59. The molecule has 170 valence electrons. The van der Waals surface area contributed by atoms with Crippen LogP contribution >= 0.6 is 0 Å². The molecule has 4 amide bonds. The van der Waals surface area contributed by atoms with Crippen molar-refractivity contribution in [2.45, 2.75) is 70.3 Å². The molecule has 0 spiro atoms. The standard InChI is InChI=1S/C18H31N5O7/c1-8(2)13(21-15(26)10(19)7-12(20)25)17(28)23-6-4-5-11(23)16(27)22-14(9(3)24)18(29)30/h8-11,13-14,24H,4-7,19H2,1-3H3,(H2,20,25)(H,21,26)(H,22,27)(H,29,30). The van der Waals surface area contributed by atoms with E-state index in [1.807, 2.05) is 0 Å². The Kier molecular flexibility index (Phi) is 9.18. The highest BCUT2D eigenvalue weighted by molar-refractivity contribution is 5.95. The number of carboxylic acids is 1. The van der Waals surface area contributed by atoms with Crippen LogP contribution in [0.25, 0.3) is 0 Å². The molecule has 0 aliphatic carbocycles. The van der Waals surface area contributed by atoms with Gasteiger partial charge in [0.1, 0.15) is 12.1 Å². The average Bonchev–Trinajstić information content (AvgIpc) is 3.11. The largest absolute Gasteiger partial charge is 0.480 e. The minimum absolute atomic E-state index is 0.246. The van der Waals surface area contributed by atoms with Gasteiger partial charge in [-0.2, -0.15) is 0 Å². The maximum atomic E-state index is 13.1. The number of aliphatic hydroxyl groups excluding tert-OH is 1. The lowest BCUT2D eigenvalue weighted by atomic mass is 10.0. The van der Waals surface area contributed by atoms with Crippen LogP contribution in [0, 0.1) is 5.92 Å². The molecule has 0 radical (unpaired) electrons. The maximum Gasteiger partial charge on any atom is 0.328 e. The molecule has 0 aromatic carbocycles. The molecule has 1 saturated heterocycles. The van der Waals surface area contributed by atoms with E-state index in [2.05, 4.69) is 10.6 Å². The molecule has 1 rings (SSSR count). The van der Waals surface area contributed by atoms with Gasteiger partial charge in [0.05, 0.1) is 18.6 Å². The van der Waals surface area contributed by atoms with Gasteiger partial charge in [0.2, 0.25) is 23.6 Å². The van der Waals surface area contributed by atoms with Crippen LogP contribution < -0.4 is 22.1 Å². The predicted octanol–water partition coefficient (Wildman–Crippen LogP) is -2.73. The van der Waals surface area contributed by atoms with Gasteiger partial charge in [-0.1, -0.05) is 13.8 Å². The zero-order chi connectivity index (χ0) is 23.2. The summed E-state index contributed by atoms with van der Waals surface area (Å²) < 4.78 is 0. The van der Waals surface area contributed by atoms with E-state index in [4.69, 9.17) is 16.6 Å². The molecular weight excluding hydrogens is 398 g/mol. The van der Waals surface area contributed by atoms with E-state index in [1.54, 1.807) is 13.8 Å². The van der Waals surface area contributed by atoms with Crippen LogP contribution in [0.15, 0.2) is 0 Å². The van der Waals surface area contributed by atoms with Crippen molar-refractivity contribution >= 4 is 29.6 Å². The lowest BCUT2D eigenvalue weighted by Gasteiger charge is -2.31. The van der Waals surface area contributed by atoms with Gasteiger partial charge in [0.25, 0.3) is 0 Å². The number of primary amides is 1. The Bertz CT molecular complexity index is 682. The molecule has 0 saturated carbocycles. The highest BCUT2D eigenvalue weighted by atomic mass is 16.4. The van der Waals surface area contributed by atoms with Crippen molar-refractivity contribution in [2.75, 3.05) is 6.54 Å². The normalized spacial score (nSPS) is 20.2. The first-order valence-electron chi connectivity index (χ1n) is 9.72. The van der Waals surface area contributed by atoms with Crippen molar-refractivity contribution < 1.29 is 34.2 Å². The Hall–Kier alpha value is -2.73. The Morgan fingerprint density at radius 3 is 2.17 bits per heavy atom. The van der Waals surface area contributed by atoms with Crippen LogP contribution in [-0.4, -0.2) is 81.5 Å². The van der Waals surface area contributed by atoms with E-state index in [0.29, 0.717) is 12.8 Å². The Morgan fingerprint density at radius 2 is 1.70 bits per heavy atom. The fraction of sp³-hybridized carbons (Fsp3) is 0.722. The molecule has 30 heavy (non-hydrogen) atoms. The van der Waals surface area contributed by atoms with Crippen LogP contribution in [0.3, 0.4) is 0 Å². The number of nitrogens with one attached hydrogen (secondary N) is 2. The molecule has 1 aliphatic rings. The van der Waals surface area contributed by atoms with Gasteiger partial charge < -0.3 is 37.2 Å². The summed E-state index contributed by atoms with van der Waals surface area (Å²) >= 11 is 0. The van der Waals surface area contributed by atoms with E-state index in [-0.39, 0.29) is 18.9 Å². The number of carbonyl (C=O) groups is 5. The second kappa shape index (κ2) is 10.9. The first kappa shape index (κ1) is 25.3. The monoisotopic (exact) mass is 429 g/mol. The highest BCUT2D eigenvalue weighted by Crippen LogP contribution is 2.21. The van der Waals surface area contributed by atoms with Crippen molar-refractivity contribution in [1.29, 1.82) is 0 Å². The summed E-state index contributed by atoms with van der Waals surface area (Å²) in [6, 6.07) is -4.66. The third kappa shape index (κ3) is 6.66. The summed E-state index contributed by atoms with van der Waals surface area (Å²) in [6.07, 6.45) is -0.888. The molecular formula is C18H31N5O7. The van der Waals surface area contributed by atoms with Crippen LogP contribution in [0.4, 0.5) is 0 Å². The van der Waals surface area contributed by atoms with Gasteiger partial charge in [-0.25, -0.2) is 4.79 Å². The SMILES string of the molecule is CC(C)C(NC(=O)C(N)CC(N)=O)C(=O)N1CCCC1C(=O)NC(C(=O)O)C(C)O. The summed E-state index contributed by atoms with van der Waals surface area (Å²) in [5.74, 6) is -4.45. The lowest BCUT2D eigenvalue weighted by molar-refractivity contribution is -0.147. The van der Waals surface area contributed by atoms with E-state index in [9.17, 15) is 29.1 Å². The first-order valence-corrected chi connectivity index (χ1v) is 9.72. The molecule has 12 heteroatoms. The molecule has 0 aromatic rings. The van der Waals surface area contributed by atoms with Crippen molar-refractivity contribution in [3.8, 4) is 0 Å². The number of carboxylic acid groups (broad SMARTS) is 1. The second-order valence-corrected chi connectivity index (χ2v) is 7.76. The quantitative estimate of drug-likeness (QED) is 0.214. The zero-order valence-corrected chi connectivity index (χ0v) is 17.3. The molecule has 12 nitrogen and oxygen atoms in total. The number of aliphatic carboxylic acids is 1. The zero-order valence-electron chi connectivity index (χ0n) is 17.3. The fourth-order valence-electron chi connectivity index (χ4n) is 3.20. The van der Waals surface area contributed by atoms with Crippen LogP contribution in [0.5, 0.6) is 0 Å². The van der Waals surface area contributed by atoms with Crippen LogP contribution in [0.1, 0.15) is 40.0 Å². The molecule has 1 heterocycles. The number of hydrogen-bond acceptors (Lipinski definition) is 7. The van der Waals surface area contributed by atoms with Crippen molar-refractivity contribution in [2.24, 2.45) is 17.4 Å². The smallest absolute Gasteiger partial charge is 0.328 e. The third-order valence-electron chi connectivity index (χ3n) is 4.87. The Balaban J connectivity index is 2.93. The number of nitrogens with zero attached hydrogens (tertiary/aromatic N) is 1. The number of aliphatic hydroxyl groups is 1. The number of likely N-dealkylation sites (tertiary alicyclic amines) is 1. The van der Waals surface area contributed by atoms with Crippen molar-refractivity contribution in [1.82, 2.24) is 15.5 Å². The summed E-state index contributed by atoms with van der Waals surface area (Å²) in [5.41, 5.74) is 10.7. The topological polar surface area (TPSA) is 205 Å². The van der Waals surface area contributed by atoms with Gasteiger partial charge in [-0.15, -0.1) is 0 Å². The second-order valence-electron chi connectivity index (χ2n) is 7.76. The van der Waals surface area contributed by atoms with E-state index in [0.717, 1.165) is 0 Å². The van der Waals surface area contributed by atoms with Gasteiger partial charge in [-0.05, 0) is 25.7 Å². The number of nitrogens with two attached hydrogens (primary N) is 2. The Labute approximate surface area is 174 Å². The van der Waals surface area contributed by atoms with Gasteiger partial charge >= 0.3 is 5.97 Å². The fourth-order valence-corrected chi connectivity index (χ4v) is 3.20. The van der Waals surface area contributed by atoms with Gasteiger partial charge in [0.15, 0.2) is 6.04 Å². The van der Waals surface area contributed by atoms with Gasteiger partial charge in [0, 0.05) is 6.54 Å². The first-order chi connectivity index (χ1) is 13.9. The van der Waals surface area contributed by atoms with Crippen molar-refractivity contribution in [3.63, 3.8) is 0 Å². The molecule has 8 N–H and O–H groups in total. The van der Waals surface area contributed by atoms with Crippen molar-refractivity contribution in [3.05, 3.63) is 0 Å². The number of hydrogen-bond donors (Lipinski definition) is 6. The molecule has 0 bridgehead atoms. The molecule has 5 atom stereocenters. The van der Waals surface area contributed by atoms with Crippen LogP contribution in [0.2, 0.25) is 0 Å². The minimum atomic E-state index is -1.51. The average molecular weight is 429 g/mol. The number of amides is 4. The number of carbonyl (C=O) groups excluding carboxylic acids is 4.